The van der Waals surface area contributed by atoms with Crippen molar-refractivity contribution in [3.05, 3.63) is 34.9 Å². The van der Waals surface area contributed by atoms with Gasteiger partial charge in [0.05, 0.1) is 5.69 Å². The molecule has 1 atom stereocenters. The second-order valence-electron chi connectivity index (χ2n) is 2.96. The van der Waals surface area contributed by atoms with Crippen LogP contribution >= 0.6 is 11.3 Å². The SMILES string of the molecule is Nc1nc(-c2cccc([NH+]([O-])O)c2)cs1. The number of aromatic nitrogens is 1. The van der Waals surface area contributed by atoms with Crippen molar-refractivity contribution in [3.63, 3.8) is 0 Å². The predicted octanol–water partition coefficient (Wildman–Crippen LogP) is 0.796. The molecule has 0 fully saturated rings. The van der Waals surface area contributed by atoms with Gasteiger partial charge in [-0.3, -0.25) is 0 Å². The molecule has 6 heteroatoms. The van der Waals surface area contributed by atoms with Crippen molar-refractivity contribution in [2.45, 2.75) is 0 Å². The minimum absolute atomic E-state index is 0.249. The van der Waals surface area contributed by atoms with E-state index >= 15 is 0 Å². The number of nitrogens with one attached hydrogen (secondary N) is 1. The Balaban J connectivity index is 2.41. The zero-order chi connectivity index (χ0) is 10.8. The van der Waals surface area contributed by atoms with Gasteiger partial charge in [-0.05, 0) is 0 Å². The number of hydrogen-bond acceptors (Lipinski definition) is 5. The van der Waals surface area contributed by atoms with Crippen LogP contribution in [-0.2, 0) is 0 Å². The molecule has 0 aliphatic rings. The molecule has 1 unspecified atom stereocenters. The minimum atomic E-state index is -0.944. The molecule has 15 heavy (non-hydrogen) atoms. The number of benzene rings is 1. The van der Waals surface area contributed by atoms with Gasteiger partial charge in [-0.15, -0.1) is 11.3 Å². The Kier molecular flexibility index (Phi) is 2.65. The summed E-state index contributed by atoms with van der Waals surface area (Å²) >= 11 is 1.33. The standard InChI is InChI=1S/C9H9N3O2S/c10-9-11-8(5-15-9)6-2-1-3-7(4-6)12(13)14/h1-5,12-13H,(H2,10,11). The first-order valence-corrected chi connectivity index (χ1v) is 5.09. The third-order valence-corrected chi connectivity index (χ3v) is 2.60. The zero-order valence-corrected chi connectivity index (χ0v) is 8.49. The van der Waals surface area contributed by atoms with Crippen molar-refractivity contribution in [3.8, 4) is 11.3 Å². The number of anilines is 1. The molecule has 78 valence electrons. The molecule has 0 aliphatic heterocycles. The molecule has 4 N–H and O–H groups in total. The van der Waals surface area contributed by atoms with Crippen LogP contribution in [0, 0.1) is 5.21 Å². The summed E-state index contributed by atoms with van der Waals surface area (Å²) in [5, 5.41) is 20.9. The van der Waals surface area contributed by atoms with Gasteiger partial charge in [0, 0.05) is 23.1 Å². The topological polar surface area (TPSA) is 86.6 Å². The maximum absolute atomic E-state index is 10.7. The number of nitrogen functional groups attached to an aromatic ring is 1. The first kappa shape index (κ1) is 10.1. The second-order valence-corrected chi connectivity index (χ2v) is 3.85. The molecule has 0 radical (unpaired) electrons. The van der Waals surface area contributed by atoms with Gasteiger partial charge in [-0.25, -0.2) is 10.2 Å². The molecule has 0 aliphatic carbocycles. The van der Waals surface area contributed by atoms with Crippen LogP contribution in [0.15, 0.2) is 29.6 Å². The van der Waals surface area contributed by atoms with E-state index in [9.17, 15) is 5.21 Å². The van der Waals surface area contributed by atoms with Crippen LogP contribution in [0.5, 0.6) is 0 Å². The van der Waals surface area contributed by atoms with Crippen molar-refractivity contribution in [1.29, 1.82) is 0 Å². The molecule has 5 nitrogen and oxygen atoms in total. The third kappa shape index (κ3) is 2.13. The molecule has 2 rings (SSSR count). The average Bonchev–Trinajstić information content (AvgIpc) is 2.65. The highest BCUT2D eigenvalue weighted by molar-refractivity contribution is 7.13. The van der Waals surface area contributed by atoms with E-state index in [1.807, 2.05) is 0 Å². The highest BCUT2D eigenvalue weighted by atomic mass is 32.1. The Labute approximate surface area is 89.9 Å². The molecule has 1 aromatic heterocycles. The van der Waals surface area contributed by atoms with E-state index in [0.29, 0.717) is 10.8 Å². The Morgan fingerprint density at radius 2 is 2.27 bits per heavy atom. The van der Waals surface area contributed by atoms with Gasteiger partial charge >= 0.3 is 0 Å². The van der Waals surface area contributed by atoms with Crippen molar-refractivity contribution in [2.24, 2.45) is 0 Å². The number of nitrogens with zero attached hydrogens (tertiary/aromatic N) is 1. The van der Waals surface area contributed by atoms with Crippen molar-refractivity contribution in [2.75, 3.05) is 5.73 Å². The summed E-state index contributed by atoms with van der Waals surface area (Å²) in [4.78, 5) is 4.08. The molecule has 2 aromatic rings. The summed E-state index contributed by atoms with van der Waals surface area (Å²) in [6.07, 6.45) is 0. The number of hydrogen-bond donors (Lipinski definition) is 3. The lowest BCUT2D eigenvalue weighted by molar-refractivity contribution is -0.991. The van der Waals surface area contributed by atoms with Crippen LogP contribution in [0.3, 0.4) is 0 Å². The second kappa shape index (κ2) is 3.95. The Morgan fingerprint density at radius 1 is 1.47 bits per heavy atom. The first-order valence-electron chi connectivity index (χ1n) is 4.21. The quantitative estimate of drug-likeness (QED) is 0.657. The van der Waals surface area contributed by atoms with E-state index in [2.05, 4.69) is 4.98 Å². The fourth-order valence-electron chi connectivity index (χ4n) is 1.23. The van der Waals surface area contributed by atoms with E-state index in [1.165, 1.54) is 11.3 Å². The lowest BCUT2D eigenvalue weighted by atomic mass is 10.1. The van der Waals surface area contributed by atoms with Gasteiger partial charge in [-0.1, -0.05) is 12.1 Å². The highest BCUT2D eigenvalue weighted by Crippen LogP contribution is 2.24. The molecule has 1 aromatic carbocycles. The number of nitrogens with two attached hydrogens (primary N) is 1. The van der Waals surface area contributed by atoms with Crippen LogP contribution in [0.1, 0.15) is 0 Å². The molecule has 1 heterocycles. The van der Waals surface area contributed by atoms with E-state index < -0.39 is 5.23 Å². The maximum atomic E-state index is 10.7. The fraction of sp³-hybridized carbons (Fsp3) is 0. The van der Waals surface area contributed by atoms with Crippen LogP contribution in [0.25, 0.3) is 11.3 Å². The largest absolute Gasteiger partial charge is 0.595 e. The molecule has 0 spiro atoms. The maximum Gasteiger partial charge on any atom is 0.180 e. The normalized spacial score (nSPS) is 12.7. The first-order chi connectivity index (χ1) is 7.16. The van der Waals surface area contributed by atoms with Crippen LogP contribution in [-0.4, -0.2) is 10.2 Å². The summed E-state index contributed by atoms with van der Waals surface area (Å²) < 4.78 is 0. The highest BCUT2D eigenvalue weighted by Gasteiger charge is 2.05. The van der Waals surface area contributed by atoms with E-state index in [1.54, 1.807) is 29.6 Å². The summed E-state index contributed by atoms with van der Waals surface area (Å²) in [7, 11) is 0. The molecule has 0 saturated carbocycles. The number of rotatable bonds is 2. The molecule has 0 amide bonds. The molecular weight excluding hydrogens is 214 g/mol. The smallest absolute Gasteiger partial charge is 0.180 e. The molecular formula is C9H9N3O2S. The number of thiazole rings is 1. The molecule has 0 bridgehead atoms. The van der Waals surface area contributed by atoms with Crippen LogP contribution in [0.2, 0.25) is 0 Å². The van der Waals surface area contributed by atoms with Crippen molar-refractivity contribution < 1.29 is 10.4 Å². The Hall–Kier alpha value is -1.47. The van der Waals surface area contributed by atoms with Crippen molar-refractivity contribution >= 4 is 22.2 Å². The summed E-state index contributed by atoms with van der Waals surface area (Å²) in [5.74, 6) is 0. The zero-order valence-electron chi connectivity index (χ0n) is 7.68. The number of quaternary nitrogens is 1. The third-order valence-electron chi connectivity index (χ3n) is 1.93. The molecule has 0 saturated heterocycles. The summed E-state index contributed by atoms with van der Waals surface area (Å²) in [5.41, 5.74) is 7.23. The lowest BCUT2D eigenvalue weighted by Crippen LogP contribution is -2.99. The van der Waals surface area contributed by atoms with Crippen LogP contribution in [0.4, 0.5) is 10.8 Å². The van der Waals surface area contributed by atoms with Gasteiger partial charge < -0.3 is 10.9 Å². The Morgan fingerprint density at radius 3 is 2.87 bits per heavy atom. The van der Waals surface area contributed by atoms with Gasteiger partial charge in [0.2, 0.25) is 0 Å². The van der Waals surface area contributed by atoms with Gasteiger partial charge in [0.1, 0.15) is 0 Å². The average molecular weight is 223 g/mol. The van der Waals surface area contributed by atoms with E-state index in [0.717, 1.165) is 5.56 Å². The monoisotopic (exact) mass is 223 g/mol. The van der Waals surface area contributed by atoms with Gasteiger partial charge in [0.25, 0.3) is 0 Å². The predicted molar refractivity (Wildman–Crippen MR) is 57.7 cm³/mol. The van der Waals surface area contributed by atoms with E-state index in [-0.39, 0.29) is 5.69 Å². The van der Waals surface area contributed by atoms with Gasteiger partial charge in [-0.2, -0.15) is 5.23 Å². The van der Waals surface area contributed by atoms with Crippen molar-refractivity contribution in [1.82, 2.24) is 4.98 Å². The lowest BCUT2D eigenvalue weighted by Gasteiger charge is -2.11. The minimum Gasteiger partial charge on any atom is -0.595 e. The van der Waals surface area contributed by atoms with Crippen LogP contribution < -0.4 is 11.0 Å². The Bertz CT molecular complexity index is 470. The fourth-order valence-corrected chi connectivity index (χ4v) is 1.80. The van der Waals surface area contributed by atoms with Gasteiger partial charge in [0.15, 0.2) is 10.8 Å². The summed E-state index contributed by atoms with van der Waals surface area (Å²) in [6, 6.07) is 6.62. The van der Waals surface area contributed by atoms with E-state index in [4.69, 9.17) is 10.9 Å². The summed E-state index contributed by atoms with van der Waals surface area (Å²) in [6.45, 7) is 0.